The minimum absolute atomic E-state index is 0.206. The standard InChI is InChI=1S/C14H15ClN2O4S/c15-13-6-2-1-4-11(13)10-22(19,20)17-9-14(18)16-8-12-5-3-7-21-12/h1-7,17H,8-10H2,(H,16,18). The molecule has 1 amide bonds. The van der Waals surface area contributed by atoms with Crippen LogP contribution in [0, 0.1) is 0 Å². The first-order chi connectivity index (χ1) is 10.5. The van der Waals surface area contributed by atoms with Crippen LogP contribution in [0.5, 0.6) is 0 Å². The number of hydrogen-bond donors (Lipinski definition) is 2. The molecule has 2 rings (SSSR count). The lowest BCUT2D eigenvalue weighted by molar-refractivity contribution is -0.120. The van der Waals surface area contributed by atoms with Crippen molar-refractivity contribution in [2.45, 2.75) is 12.3 Å². The van der Waals surface area contributed by atoms with E-state index in [1.54, 1.807) is 36.4 Å². The zero-order valence-corrected chi connectivity index (χ0v) is 13.2. The van der Waals surface area contributed by atoms with E-state index in [0.717, 1.165) is 0 Å². The molecule has 0 spiro atoms. The summed E-state index contributed by atoms with van der Waals surface area (Å²) < 4.78 is 31.1. The summed E-state index contributed by atoms with van der Waals surface area (Å²) in [5, 5.41) is 2.92. The van der Waals surface area contributed by atoms with Crippen LogP contribution in [-0.2, 0) is 27.1 Å². The zero-order valence-electron chi connectivity index (χ0n) is 11.6. The van der Waals surface area contributed by atoms with Gasteiger partial charge in [0.2, 0.25) is 15.9 Å². The lowest BCUT2D eigenvalue weighted by Crippen LogP contribution is -2.37. The molecule has 2 aromatic rings. The lowest BCUT2D eigenvalue weighted by atomic mass is 10.2. The highest BCUT2D eigenvalue weighted by atomic mass is 35.5. The molecule has 2 N–H and O–H groups in total. The molecule has 0 unspecified atom stereocenters. The highest BCUT2D eigenvalue weighted by molar-refractivity contribution is 7.88. The molecule has 0 aliphatic carbocycles. The molecule has 0 aliphatic rings. The number of benzene rings is 1. The molecular weight excluding hydrogens is 328 g/mol. The molecule has 0 bridgehead atoms. The van der Waals surface area contributed by atoms with Crippen molar-refractivity contribution in [1.82, 2.24) is 10.0 Å². The van der Waals surface area contributed by atoms with Gasteiger partial charge in [0.15, 0.2) is 0 Å². The minimum Gasteiger partial charge on any atom is -0.467 e. The molecule has 0 radical (unpaired) electrons. The van der Waals surface area contributed by atoms with E-state index in [2.05, 4.69) is 10.0 Å². The molecule has 0 saturated heterocycles. The Kier molecular flexibility index (Phi) is 5.59. The number of furan rings is 1. The zero-order chi connectivity index (χ0) is 16.0. The molecule has 8 heteroatoms. The molecule has 22 heavy (non-hydrogen) atoms. The van der Waals surface area contributed by atoms with E-state index in [1.807, 2.05) is 0 Å². The molecule has 1 aromatic heterocycles. The minimum atomic E-state index is -3.64. The second-order valence-electron chi connectivity index (χ2n) is 4.53. The molecule has 0 saturated carbocycles. The third kappa shape index (κ3) is 5.18. The number of hydrogen-bond acceptors (Lipinski definition) is 4. The van der Waals surface area contributed by atoms with Crippen LogP contribution in [0.4, 0.5) is 0 Å². The predicted molar refractivity (Wildman–Crippen MR) is 82.6 cm³/mol. The normalized spacial score (nSPS) is 11.3. The smallest absolute Gasteiger partial charge is 0.235 e. The Bertz CT molecular complexity index is 729. The molecule has 118 valence electrons. The SMILES string of the molecule is O=C(CNS(=O)(=O)Cc1ccccc1Cl)NCc1ccco1. The summed E-state index contributed by atoms with van der Waals surface area (Å²) in [4.78, 5) is 11.6. The number of carbonyl (C=O) groups excluding carboxylic acids is 1. The Labute approximate surface area is 133 Å². The Balaban J connectivity index is 1.82. The van der Waals surface area contributed by atoms with E-state index in [1.165, 1.54) is 6.26 Å². The summed E-state index contributed by atoms with van der Waals surface area (Å²) in [6, 6.07) is 10.1. The first kappa shape index (κ1) is 16.5. The van der Waals surface area contributed by atoms with Gasteiger partial charge in [0.1, 0.15) is 5.76 Å². The van der Waals surface area contributed by atoms with Gasteiger partial charge in [-0.1, -0.05) is 29.8 Å². The van der Waals surface area contributed by atoms with Crippen LogP contribution in [0.1, 0.15) is 11.3 Å². The summed E-state index contributed by atoms with van der Waals surface area (Å²) >= 11 is 5.92. The fourth-order valence-electron chi connectivity index (χ4n) is 1.71. The number of halogens is 1. The number of amides is 1. The van der Waals surface area contributed by atoms with Crippen LogP contribution >= 0.6 is 11.6 Å². The molecule has 6 nitrogen and oxygen atoms in total. The van der Waals surface area contributed by atoms with Crippen molar-refractivity contribution >= 4 is 27.5 Å². The highest BCUT2D eigenvalue weighted by Gasteiger charge is 2.15. The van der Waals surface area contributed by atoms with Crippen LogP contribution in [0.2, 0.25) is 5.02 Å². The number of nitrogens with one attached hydrogen (secondary N) is 2. The Hall–Kier alpha value is -1.83. The van der Waals surface area contributed by atoms with E-state index in [0.29, 0.717) is 16.3 Å². The van der Waals surface area contributed by atoms with E-state index in [4.69, 9.17) is 16.0 Å². The summed E-state index contributed by atoms with van der Waals surface area (Å²) in [6.07, 6.45) is 1.49. The number of rotatable bonds is 7. The molecule has 0 fully saturated rings. The van der Waals surface area contributed by atoms with Gasteiger partial charge >= 0.3 is 0 Å². The second-order valence-corrected chi connectivity index (χ2v) is 6.74. The molecule has 1 heterocycles. The summed E-state index contributed by atoms with van der Waals surface area (Å²) in [5.41, 5.74) is 0.479. The van der Waals surface area contributed by atoms with Gasteiger partial charge in [0.25, 0.3) is 0 Å². The first-order valence-corrected chi connectivity index (χ1v) is 8.49. The molecule has 0 atom stereocenters. The highest BCUT2D eigenvalue weighted by Crippen LogP contribution is 2.16. The Morgan fingerprint density at radius 1 is 1.18 bits per heavy atom. The summed E-state index contributed by atoms with van der Waals surface area (Å²) in [7, 11) is -3.64. The third-order valence-electron chi connectivity index (χ3n) is 2.80. The van der Waals surface area contributed by atoms with E-state index in [9.17, 15) is 13.2 Å². The molecule has 1 aromatic carbocycles. The van der Waals surface area contributed by atoms with Gasteiger partial charge in [0.05, 0.1) is 25.1 Å². The lowest BCUT2D eigenvalue weighted by Gasteiger charge is -2.08. The quantitative estimate of drug-likeness (QED) is 0.801. The van der Waals surface area contributed by atoms with Crippen molar-refractivity contribution in [2.24, 2.45) is 0 Å². The van der Waals surface area contributed by atoms with Gasteiger partial charge in [-0.3, -0.25) is 4.79 Å². The van der Waals surface area contributed by atoms with Crippen LogP contribution < -0.4 is 10.0 Å². The molecular formula is C14H15ClN2O4S. The van der Waals surface area contributed by atoms with Gasteiger partial charge < -0.3 is 9.73 Å². The van der Waals surface area contributed by atoms with Crippen LogP contribution in [0.15, 0.2) is 47.1 Å². The first-order valence-electron chi connectivity index (χ1n) is 6.46. The average molecular weight is 343 g/mol. The van der Waals surface area contributed by atoms with Gasteiger partial charge in [-0.15, -0.1) is 0 Å². The average Bonchev–Trinajstić information content (AvgIpc) is 2.99. The number of sulfonamides is 1. The maximum atomic E-state index is 11.9. The maximum absolute atomic E-state index is 11.9. The van der Waals surface area contributed by atoms with E-state index in [-0.39, 0.29) is 18.8 Å². The Morgan fingerprint density at radius 3 is 2.64 bits per heavy atom. The van der Waals surface area contributed by atoms with Crippen LogP contribution in [0.25, 0.3) is 0 Å². The fourth-order valence-corrected chi connectivity index (χ4v) is 3.10. The third-order valence-corrected chi connectivity index (χ3v) is 4.44. The summed E-state index contributed by atoms with van der Waals surface area (Å²) in [6.45, 7) is -0.133. The van der Waals surface area contributed by atoms with Crippen LogP contribution in [0.3, 0.4) is 0 Å². The summed E-state index contributed by atoms with van der Waals surface area (Å²) in [5.74, 6) is -0.135. The van der Waals surface area contributed by atoms with Gasteiger partial charge in [-0.25, -0.2) is 13.1 Å². The van der Waals surface area contributed by atoms with Crippen molar-refractivity contribution in [3.63, 3.8) is 0 Å². The van der Waals surface area contributed by atoms with Crippen molar-refractivity contribution in [2.75, 3.05) is 6.54 Å². The van der Waals surface area contributed by atoms with Crippen molar-refractivity contribution < 1.29 is 17.6 Å². The van der Waals surface area contributed by atoms with Crippen molar-refractivity contribution in [1.29, 1.82) is 0 Å². The fraction of sp³-hybridized carbons (Fsp3) is 0.214. The van der Waals surface area contributed by atoms with Gasteiger partial charge in [-0.2, -0.15) is 0 Å². The molecule has 0 aliphatic heterocycles. The monoisotopic (exact) mass is 342 g/mol. The number of carbonyl (C=O) groups is 1. The largest absolute Gasteiger partial charge is 0.467 e. The predicted octanol–water partition coefficient (Wildman–Crippen LogP) is 1.67. The topological polar surface area (TPSA) is 88.4 Å². The van der Waals surface area contributed by atoms with Gasteiger partial charge in [0, 0.05) is 5.02 Å². The van der Waals surface area contributed by atoms with Gasteiger partial charge in [-0.05, 0) is 23.8 Å². The Morgan fingerprint density at radius 2 is 1.95 bits per heavy atom. The van der Waals surface area contributed by atoms with E-state index >= 15 is 0 Å². The van der Waals surface area contributed by atoms with Crippen LogP contribution in [-0.4, -0.2) is 20.9 Å². The van der Waals surface area contributed by atoms with Crippen molar-refractivity contribution in [3.8, 4) is 0 Å². The van der Waals surface area contributed by atoms with E-state index < -0.39 is 15.9 Å². The van der Waals surface area contributed by atoms with Crippen molar-refractivity contribution in [3.05, 3.63) is 59.0 Å². The maximum Gasteiger partial charge on any atom is 0.235 e. The second kappa shape index (κ2) is 7.44.